The molecule has 2 N–H and O–H groups in total. The van der Waals surface area contributed by atoms with Crippen molar-refractivity contribution in [3.63, 3.8) is 0 Å². The second-order valence-electron chi connectivity index (χ2n) is 7.62. The van der Waals surface area contributed by atoms with Gasteiger partial charge in [-0.15, -0.1) is 0 Å². The lowest BCUT2D eigenvalue weighted by Gasteiger charge is -2.12. The Morgan fingerprint density at radius 1 is 1.10 bits per heavy atom. The molecule has 0 fully saturated rings. The number of Topliss-reactive ketones (excluding diaryl/α,β-unsaturated/α-hetero) is 1. The number of nitrogens with one attached hydrogen (secondary N) is 2. The van der Waals surface area contributed by atoms with Gasteiger partial charge in [0.05, 0.1) is 5.56 Å². The predicted molar refractivity (Wildman–Crippen MR) is 116 cm³/mol. The van der Waals surface area contributed by atoms with Gasteiger partial charge in [-0.1, -0.05) is 29.8 Å². The summed E-state index contributed by atoms with van der Waals surface area (Å²) in [5.74, 6) is 0.276. The molecule has 160 valence electrons. The smallest absolute Gasteiger partial charge is 0.257 e. The molecule has 0 saturated heterocycles. The molecule has 0 aliphatic carbocycles. The van der Waals surface area contributed by atoms with Gasteiger partial charge in [0.15, 0.2) is 6.61 Å². The van der Waals surface area contributed by atoms with Crippen LogP contribution in [0.25, 0.3) is 22.3 Å². The monoisotopic (exact) mass is 420 g/mol. The lowest BCUT2D eigenvalue weighted by Crippen LogP contribution is -2.29. The van der Waals surface area contributed by atoms with Gasteiger partial charge >= 0.3 is 0 Å². The zero-order chi connectivity index (χ0) is 22.0. The van der Waals surface area contributed by atoms with Crippen LogP contribution >= 0.6 is 0 Å². The normalized spacial score (nSPS) is 14.9. The molecule has 2 aromatic carbocycles. The Bertz CT molecular complexity index is 1160. The van der Waals surface area contributed by atoms with E-state index in [1.807, 2.05) is 31.2 Å². The van der Waals surface area contributed by atoms with Crippen LogP contribution in [0, 0.1) is 6.92 Å². The minimum absolute atomic E-state index is 0.00874. The molecule has 1 aromatic heterocycles. The summed E-state index contributed by atoms with van der Waals surface area (Å²) in [6.45, 7) is 2.25. The molecule has 0 spiro atoms. The van der Waals surface area contributed by atoms with Gasteiger partial charge in [-0.25, -0.2) is 0 Å². The van der Waals surface area contributed by atoms with E-state index in [4.69, 9.17) is 9.15 Å². The zero-order valence-corrected chi connectivity index (χ0v) is 17.5. The zero-order valence-electron chi connectivity index (χ0n) is 17.5. The Morgan fingerprint density at radius 2 is 1.87 bits per heavy atom. The molecule has 1 aliphatic heterocycles. The molecular weight excluding hydrogens is 396 g/mol. The van der Waals surface area contributed by atoms with Gasteiger partial charge in [-0.05, 0) is 25.5 Å². The summed E-state index contributed by atoms with van der Waals surface area (Å²) in [5.41, 5.74) is 3.26. The molecule has 1 aliphatic rings. The molecule has 7 heteroatoms. The van der Waals surface area contributed by atoms with Crippen LogP contribution in [0.3, 0.4) is 0 Å². The number of amides is 2. The summed E-state index contributed by atoms with van der Waals surface area (Å²) in [5, 5.41) is 5.96. The molecule has 0 radical (unpaired) electrons. The van der Waals surface area contributed by atoms with Gasteiger partial charge in [0.25, 0.3) is 11.8 Å². The lowest BCUT2D eigenvalue weighted by molar-refractivity contribution is -0.123. The molecule has 4 rings (SSSR count). The van der Waals surface area contributed by atoms with Crippen LogP contribution in [0.15, 0.2) is 40.8 Å². The van der Waals surface area contributed by atoms with Crippen LogP contribution in [-0.4, -0.2) is 37.8 Å². The summed E-state index contributed by atoms with van der Waals surface area (Å²) in [7, 11) is 1.55. The number of benzene rings is 2. The topological polar surface area (TPSA) is 97.6 Å². The molecule has 0 atom stereocenters. The number of ether oxygens (including phenoxy) is 1. The number of rotatable bonds is 2. The first-order valence-corrected chi connectivity index (χ1v) is 10.3. The number of ketones is 1. The number of hydrogen-bond donors (Lipinski definition) is 2. The van der Waals surface area contributed by atoms with Gasteiger partial charge in [0, 0.05) is 42.9 Å². The van der Waals surface area contributed by atoms with Crippen LogP contribution in [-0.2, 0) is 16.0 Å². The largest absolute Gasteiger partial charge is 0.483 e. The van der Waals surface area contributed by atoms with Crippen LogP contribution in [0.4, 0.5) is 0 Å². The summed E-state index contributed by atoms with van der Waals surface area (Å²) in [6, 6.07) is 11.1. The summed E-state index contributed by atoms with van der Waals surface area (Å²) >= 11 is 0. The third kappa shape index (κ3) is 4.17. The van der Waals surface area contributed by atoms with Crippen molar-refractivity contribution in [3.05, 3.63) is 53.1 Å². The highest BCUT2D eigenvalue weighted by atomic mass is 16.5. The molecule has 3 aromatic rings. The summed E-state index contributed by atoms with van der Waals surface area (Å²) < 4.78 is 11.9. The minimum Gasteiger partial charge on any atom is -0.483 e. The van der Waals surface area contributed by atoms with E-state index in [0.717, 1.165) is 11.1 Å². The van der Waals surface area contributed by atoms with E-state index in [0.29, 0.717) is 53.0 Å². The Hall–Kier alpha value is -3.61. The van der Waals surface area contributed by atoms with E-state index in [1.165, 1.54) is 0 Å². The number of furan rings is 1. The highest BCUT2D eigenvalue weighted by Crippen LogP contribution is 2.39. The Morgan fingerprint density at radius 3 is 2.61 bits per heavy atom. The molecule has 7 nitrogen and oxygen atoms in total. The van der Waals surface area contributed by atoms with Crippen LogP contribution in [0.5, 0.6) is 5.75 Å². The van der Waals surface area contributed by atoms with E-state index < -0.39 is 0 Å². The average Bonchev–Trinajstić information content (AvgIpc) is 3.14. The average molecular weight is 420 g/mol. The van der Waals surface area contributed by atoms with Crippen molar-refractivity contribution in [3.8, 4) is 17.1 Å². The standard InChI is InChI=1S/C24H24N2O5/c1-14-5-7-15(8-6-14)23-22(24(29)25-2)21-17-12-16(27)4-3-11-26-20(28)13-30-18(17)9-10-19(21)31-23/h5-10H,3-4,11-13H2,1-2H3,(H,25,29)(H,26,28). The summed E-state index contributed by atoms with van der Waals surface area (Å²) in [6.07, 6.45) is 0.976. The Labute approximate surface area is 179 Å². The van der Waals surface area contributed by atoms with Crippen molar-refractivity contribution in [1.82, 2.24) is 10.6 Å². The molecular formula is C24H24N2O5. The quantitative estimate of drug-likeness (QED) is 0.664. The van der Waals surface area contributed by atoms with Crippen molar-refractivity contribution in [1.29, 1.82) is 0 Å². The first kappa shape index (κ1) is 20.7. The molecule has 0 saturated carbocycles. The summed E-state index contributed by atoms with van der Waals surface area (Å²) in [4.78, 5) is 37.6. The number of hydrogen-bond acceptors (Lipinski definition) is 5. The fourth-order valence-electron chi connectivity index (χ4n) is 3.79. The van der Waals surface area contributed by atoms with E-state index >= 15 is 0 Å². The van der Waals surface area contributed by atoms with Gasteiger partial charge < -0.3 is 19.8 Å². The fourth-order valence-corrected chi connectivity index (χ4v) is 3.79. The fraction of sp³-hybridized carbons (Fsp3) is 0.292. The maximum Gasteiger partial charge on any atom is 0.257 e. The second-order valence-corrected chi connectivity index (χ2v) is 7.62. The van der Waals surface area contributed by atoms with Crippen molar-refractivity contribution >= 4 is 28.6 Å². The third-order valence-electron chi connectivity index (χ3n) is 5.38. The Kier molecular flexibility index (Phi) is 5.75. The van der Waals surface area contributed by atoms with Crippen LogP contribution in [0.2, 0.25) is 0 Å². The van der Waals surface area contributed by atoms with E-state index in [9.17, 15) is 14.4 Å². The molecule has 0 bridgehead atoms. The van der Waals surface area contributed by atoms with Gasteiger partial charge in [0.2, 0.25) is 0 Å². The van der Waals surface area contributed by atoms with E-state index in [2.05, 4.69) is 10.6 Å². The highest BCUT2D eigenvalue weighted by Gasteiger charge is 2.27. The van der Waals surface area contributed by atoms with Gasteiger partial charge in [-0.3, -0.25) is 14.4 Å². The maximum atomic E-state index is 12.9. The van der Waals surface area contributed by atoms with E-state index in [-0.39, 0.29) is 30.6 Å². The second kappa shape index (κ2) is 8.63. The SMILES string of the molecule is CNC(=O)c1c(-c2ccc(C)cc2)oc2ccc3c(c12)CC(=O)CCCNC(=O)CO3. The lowest BCUT2D eigenvalue weighted by atomic mass is 9.96. The molecule has 0 unspecified atom stereocenters. The van der Waals surface area contributed by atoms with Crippen molar-refractivity contribution in [2.45, 2.75) is 26.2 Å². The number of carbonyl (C=O) groups excluding carboxylic acids is 3. The highest BCUT2D eigenvalue weighted by molar-refractivity contribution is 6.13. The van der Waals surface area contributed by atoms with Crippen LogP contribution in [0.1, 0.15) is 34.3 Å². The third-order valence-corrected chi connectivity index (χ3v) is 5.38. The molecule has 31 heavy (non-hydrogen) atoms. The molecule has 2 heterocycles. The number of aryl methyl sites for hydroxylation is 1. The number of carbonyl (C=O) groups is 3. The van der Waals surface area contributed by atoms with Gasteiger partial charge in [-0.2, -0.15) is 0 Å². The van der Waals surface area contributed by atoms with Crippen molar-refractivity contribution in [2.24, 2.45) is 0 Å². The van der Waals surface area contributed by atoms with E-state index in [1.54, 1.807) is 19.2 Å². The first-order valence-electron chi connectivity index (χ1n) is 10.3. The predicted octanol–water partition coefficient (Wildman–Crippen LogP) is 3.17. The minimum atomic E-state index is -0.317. The first-order chi connectivity index (χ1) is 15.0. The van der Waals surface area contributed by atoms with Crippen LogP contribution < -0.4 is 15.4 Å². The van der Waals surface area contributed by atoms with Crippen molar-refractivity contribution in [2.75, 3.05) is 20.2 Å². The van der Waals surface area contributed by atoms with Crippen molar-refractivity contribution < 1.29 is 23.5 Å². The Balaban J connectivity index is 1.95. The van der Waals surface area contributed by atoms with Gasteiger partial charge in [0.1, 0.15) is 22.9 Å². The number of fused-ring (bicyclic) bond motifs is 3. The molecule has 2 amide bonds. The maximum absolute atomic E-state index is 12.9.